The molecule has 9 heteroatoms. The third-order valence-corrected chi connectivity index (χ3v) is 4.21. The predicted molar refractivity (Wildman–Crippen MR) is 84.2 cm³/mol. The molecule has 1 fully saturated rings. The lowest BCUT2D eigenvalue weighted by atomic mass is 10.1. The molecule has 1 unspecified atom stereocenters. The van der Waals surface area contributed by atoms with Crippen LogP contribution in [0.15, 0.2) is 0 Å². The van der Waals surface area contributed by atoms with Crippen LogP contribution in [0.3, 0.4) is 0 Å². The zero-order valence-electron chi connectivity index (χ0n) is 12.6. The van der Waals surface area contributed by atoms with Crippen LogP contribution in [-0.4, -0.2) is 58.5 Å². The summed E-state index contributed by atoms with van der Waals surface area (Å²) in [7, 11) is -3.46. The molecule has 1 rings (SSSR count). The quantitative estimate of drug-likeness (QED) is 0.558. The van der Waals surface area contributed by atoms with E-state index >= 15 is 0 Å². The molecule has 0 spiro atoms. The van der Waals surface area contributed by atoms with Crippen molar-refractivity contribution in [3.63, 3.8) is 0 Å². The lowest BCUT2D eigenvalue weighted by Crippen LogP contribution is -2.48. The zero-order valence-corrected chi connectivity index (χ0v) is 14.2. The summed E-state index contributed by atoms with van der Waals surface area (Å²) in [5, 5.41) is 5.99. The third-order valence-electron chi connectivity index (χ3n) is 2.92. The normalized spacial score (nSPS) is 19.1. The van der Waals surface area contributed by atoms with Gasteiger partial charge in [0.2, 0.25) is 15.9 Å². The summed E-state index contributed by atoms with van der Waals surface area (Å²) in [4.78, 5) is 11.6. The van der Waals surface area contributed by atoms with Gasteiger partial charge in [0.25, 0.3) is 0 Å². The molecule has 1 aliphatic rings. The lowest BCUT2D eigenvalue weighted by Gasteiger charge is -2.23. The SMILES string of the molecule is CC(C)OCCS(=O)(=O)NCC(=O)NC1CCCNC1.Cl. The van der Waals surface area contributed by atoms with E-state index in [4.69, 9.17) is 4.74 Å². The standard InChI is InChI=1S/C12H25N3O4S.ClH/c1-10(2)19-6-7-20(17,18)14-9-12(16)15-11-4-3-5-13-8-11;/h10-11,13-14H,3-9H2,1-2H3,(H,15,16);1H. The number of hydrogen-bond acceptors (Lipinski definition) is 5. The molecule has 0 saturated carbocycles. The minimum absolute atomic E-state index is 0. The number of amides is 1. The predicted octanol–water partition coefficient (Wildman–Crippen LogP) is -0.379. The van der Waals surface area contributed by atoms with Crippen molar-refractivity contribution in [1.82, 2.24) is 15.4 Å². The van der Waals surface area contributed by atoms with E-state index in [-0.39, 0.29) is 49.4 Å². The van der Waals surface area contributed by atoms with Crippen molar-refractivity contribution < 1.29 is 17.9 Å². The highest BCUT2D eigenvalue weighted by Gasteiger charge is 2.17. The molecule has 1 aliphatic heterocycles. The first-order valence-corrected chi connectivity index (χ1v) is 8.63. The fraction of sp³-hybridized carbons (Fsp3) is 0.917. The number of hydrogen-bond donors (Lipinski definition) is 3. The van der Waals surface area contributed by atoms with E-state index < -0.39 is 10.0 Å². The highest BCUT2D eigenvalue weighted by molar-refractivity contribution is 7.89. The maximum absolute atomic E-state index is 11.6. The van der Waals surface area contributed by atoms with Crippen molar-refractivity contribution in [2.75, 3.05) is 32.0 Å². The van der Waals surface area contributed by atoms with E-state index in [2.05, 4.69) is 15.4 Å². The van der Waals surface area contributed by atoms with Crippen LogP contribution in [0.25, 0.3) is 0 Å². The number of rotatable bonds is 8. The molecular weight excluding hydrogens is 318 g/mol. The van der Waals surface area contributed by atoms with E-state index in [1.165, 1.54) is 0 Å². The van der Waals surface area contributed by atoms with Gasteiger partial charge in [-0.1, -0.05) is 0 Å². The molecule has 0 aromatic carbocycles. The Balaban J connectivity index is 0.00000400. The Morgan fingerprint density at radius 3 is 2.71 bits per heavy atom. The first-order valence-electron chi connectivity index (χ1n) is 6.98. The number of carbonyl (C=O) groups is 1. The van der Waals surface area contributed by atoms with Gasteiger partial charge in [0.15, 0.2) is 0 Å². The second-order valence-corrected chi connectivity index (χ2v) is 7.10. The number of nitrogens with one attached hydrogen (secondary N) is 3. The zero-order chi connectivity index (χ0) is 15.0. The van der Waals surface area contributed by atoms with Crippen LogP contribution < -0.4 is 15.4 Å². The van der Waals surface area contributed by atoms with Crippen molar-refractivity contribution in [1.29, 1.82) is 0 Å². The molecular formula is C12H26ClN3O4S. The van der Waals surface area contributed by atoms with Gasteiger partial charge in [-0.05, 0) is 33.2 Å². The number of sulfonamides is 1. The fourth-order valence-corrected chi connectivity index (χ4v) is 2.71. The Morgan fingerprint density at radius 1 is 1.43 bits per heavy atom. The monoisotopic (exact) mass is 343 g/mol. The molecule has 0 aromatic heterocycles. The fourth-order valence-electron chi connectivity index (χ4n) is 1.89. The molecule has 0 aliphatic carbocycles. The van der Waals surface area contributed by atoms with E-state index in [1.54, 1.807) is 0 Å². The Bertz CT molecular complexity index is 397. The van der Waals surface area contributed by atoms with Crippen LogP contribution in [0.5, 0.6) is 0 Å². The summed E-state index contributed by atoms with van der Waals surface area (Å²) in [5.74, 6) is -0.434. The summed E-state index contributed by atoms with van der Waals surface area (Å²) in [6, 6.07) is 0.0880. The van der Waals surface area contributed by atoms with Crippen molar-refractivity contribution in [2.24, 2.45) is 0 Å². The number of carbonyl (C=O) groups excluding carboxylic acids is 1. The molecule has 1 heterocycles. The summed E-state index contributed by atoms with van der Waals surface area (Å²) in [6.45, 7) is 5.29. The molecule has 0 bridgehead atoms. The van der Waals surface area contributed by atoms with Gasteiger partial charge in [0.05, 0.1) is 25.0 Å². The Morgan fingerprint density at radius 2 is 2.14 bits per heavy atom. The Kier molecular flexibility index (Phi) is 10.1. The van der Waals surface area contributed by atoms with E-state index in [0.29, 0.717) is 0 Å². The summed E-state index contributed by atoms with van der Waals surface area (Å²) >= 11 is 0. The summed E-state index contributed by atoms with van der Waals surface area (Å²) < 4.78 is 30.7. The van der Waals surface area contributed by atoms with Crippen LogP contribution in [0, 0.1) is 0 Å². The average Bonchev–Trinajstić information content (AvgIpc) is 2.37. The number of ether oxygens (including phenoxy) is 1. The van der Waals surface area contributed by atoms with E-state index in [0.717, 1.165) is 25.9 Å². The molecule has 0 radical (unpaired) electrons. The lowest BCUT2D eigenvalue weighted by molar-refractivity contribution is -0.120. The van der Waals surface area contributed by atoms with Gasteiger partial charge in [0.1, 0.15) is 0 Å². The largest absolute Gasteiger partial charge is 0.378 e. The molecule has 1 saturated heterocycles. The van der Waals surface area contributed by atoms with Crippen molar-refractivity contribution in [3.8, 4) is 0 Å². The van der Waals surface area contributed by atoms with E-state index in [9.17, 15) is 13.2 Å². The van der Waals surface area contributed by atoms with Gasteiger partial charge in [-0.25, -0.2) is 13.1 Å². The Hall–Kier alpha value is -0.410. The first-order chi connectivity index (χ1) is 9.39. The van der Waals surface area contributed by atoms with Gasteiger partial charge in [-0.3, -0.25) is 4.79 Å². The maximum Gasteiger partial charge on any atom is 0.235 e. The molecule has 126 valence electrons. The van der Waals surface area contributed by atoms with Crippen molar-refractivity contribution in [3.05, 3.63) is 0 Å². The highest BCUT2D eigenvalue weighted by Crippen LogP contribution is 2.00. The second-order valence-electron chi connectivity index (χ2n) is 5.17. The maximum atomic E-state index is 11.6. The van der Waals surface area contributed by atoms with Gasteiger partial charge in [-0.15, -0.1) is 12.4 Å². The van der Waals surface area contributed by atoms with Crippen molar-refractivity contribution >= 4 is 28.3 Å². The topological polar surface area (TPSA) is 96.5 Å². The van der Waals surface area contributed by atoms with Crippen LogP contribution >= 0.6 is 12.4 Å². The van der Waals surface area contributed by atoms with Gasteiger partial charge < -0.3 is 15.4 Å². The highest BCUT2D eigenvalue weighted by atomic mass is 35.5. The van der Waals surface area contributed by atoms with Gasteiger partial charge in [0, 0.05) is 12.6 Å². The molecule has 0 aromatic rings. The molecule has 7 nitrogen and oxygen atoms in total. The first kappa shape index (κ1) is 20.6. The summed E-state index contributed by atoms with van der Waals surface area (Å²) in [6.07, 6.45) is 1.93. The number of halogens is 1. The van der Waals surface area contributed by atoms with Crippen LogP contribution in [-0.2, 0) is 19.6 Å². The van der Waals surface area contributed by atoms with Crippen LogP contribution in [0.4, 0.5) is 0 Å². The minimum Gasteiger partial charge on any atom is -0.378 e. The molecule has 1 amide bonds. The summed E-state index contributed by atoms with van der Waals surface area (Å²) in [5.41, 5.74) is 0. The van der Waals surface area contributed by atoms with Crippen LogP contribution in [0.2, 0.25) is 0 Å². The molecule has 21 heavy (non-hydrogen) atoms. The van der Waals surface area contributed by atoms with Crippen molar-refractivity contribution in [2.45, 2.75) is 38.8 Å². The number of piperidine rings is 1. The van der Waals surface area contributed by atoms with Gasteiger partial charge >= 0.3 is 0 Å². The third kappa shape index (κ3) is 10.0. The Labute approximate surface area is 133 Å². The molecule has 1 atom stereocenters. The average molecular weight is 344 g/mol. The van der Waals surface area contributed by atoms with Gasteiger partial charge in [-0.2, -0.15) is 0 Å². The molecule has 3 N–H and O–H groups in total. The second kappa shape index (κ2) is 10.3. The minimum atomic E-state index is -3.46. The smallest absolute Gasteiger partial charge is 0.235 e. The van der Waals surface area contributed by atoms with E-state index in [1.807, 2.05) is 13.8 Å². The van der Waals surface area contributed by atoms with Crippen LogP contribution in [0.1, 0.15) is 26.7 Å².